The fraction of sp³-hybridized carbons (Fsp3) is 0.417. The maximum Gasteiger partial charge on any atom is 0.344 e. The zero-order valence-corrected chi connectivity index (χ0v) is 11.4. The van der Waals surface area contributed by atoms with Gasteiger partial charge in [-0.3, -0.25) is 4.57 Å². The van der Waals surface area contributed by atoms with Crippen molar-refractivity contribution in [3.8, 4) is 0 Å². The van der Waals surface area contributed by atoms with Crippen molar-refractivity contribution in [2.75, 3.05) is 0 Å². The smallest absolute Gasteiger partial charge is 0.324 e. The molecule has 2 aromatic rings. The molecule has 1 aliphatic carbocycles. The fourth-order valence-corrected chi connectivity index (χ4v) is 2.68. The maximum atomic E-state index is 11.6. The largest absolute Gasteiger partial charge is 0.344 e. The average Bonchev–Trinajstić information content (AvgIpc) is 3.16. The van der Waals surface area contributed by atoms with E-state index in [1.807, 2.05) is 19.1 Å². The molecule has 100 valence electrons. The topological polar surface area (TPSA) is 89.6 Å². The van der Waals surface area contributed by atoms with Crippen LogP contribution in [-0.2, 0) is 0 Å². The van der Waals surface area contributed by atoms with E-state index in [0.717, 1.165) is 23.4 Å². The number of aromatic nitrogens is 4. The summed E-state index contributed by atoms with van der Waals surface area (Å²) in [5.41, 5.74) is 6.63. The normalized spacial score (nSPS) is 16.5. The van der Waals surface area contributed by atoms with E-state index in [4.69, 9.17) is 5.73 Å². The second kappa shape index (κ2) is 4.82. The molecule has 0 aliphatic heterocycles. The standard InChI is InChI=1S/C12H15N5OS/c1-7(13)8-2-5-10(14-6-8)19-12-16-15-11(18)17(12)9-3-4-9/h2,5-7,9H,3-4,13H2,1H3,(H,15,18)/t7-/m0/s1. The number of nitrogens with two attached hydrogens (primary N) is 1. The van der Waals surface area contributed by atoms with E-state index in [1.165, 1.54) is 11.8 Å². The molecule has 2 heterocycles. The SMILES string of the molecule is C[C@H](N)c1ccc(Sc2n[nH]c(=O)n2C2CC2)nc1. The molecular weight excluding hydrogens is 262 g/mol. The van der Waals surface area contributed by atoms with Gasteiger partial charge in [0.25, 0.3) is 0 Å². The highest BCUT2D eigenvalue weighted by atomic mass is 32.2. The first-order valence-electron chi connectivity index (χ1n) is 6.21. The van der Waals surface area contributed by atoms with Gasteiger partial charge in [-0.1, -0.05) is 6.07 Å². The van der Waals surface area contributed by atoms with Gasteiger partial charge in [0.05, 0.1) is 0 Å². The molecule has 0 spiro atoms. The summed E-state index contributed by atoms with van der Waals surface area (Å²) in [6.07, 6.45) is 3.85. The van der Waals surface area contributed by atoms with E-state index in [0.29, 0.717) is 11.2 Å². The summed E-state index contributed by atoms with van der Waals surface area (Å²) in [6, 6.07) is 4.13. The van der Waals surface area contributed by atoms with Crippen molar-refractivity contribution in [1.29, 1.82) is 0 Å². The summed E-state index contributed by atoms with van der Waals surface area (Å²) in [5, 5.41) is 8.04. The number of hydrogen-bond acceptors (Lipinski definition) is 5. The number of nitrogens with zero attached hydrogens (tertiary/aromatic N) is 3. The number of pyridine rings is 1. The third-order valence-electron chi connectivity index (χ3n) is 3.06. The maximum absolute atomic E-state index is 11.6. The van der Waals surface area contributed by atoms with E-state index in [2.05, 4.69) is 15.2 Å². The molecule has 1 atom stereocenters. The molecule has 0 amide bonds. The molecule has 2 aromatic heterocycles. The summed E-state index contributed by atoms with van der Waals surface area (Å²) in [4.78, 5) is 16.0. The van der Waals surface area contributed by atoms with Gasteiger partial charge in [0, 0.05) is 18.3 Å². The van der Waals surface area contributed by atoms with Crippen LogP contribution < -0.4 is 11.4 Å². The minimum Gasteiger partial charge on any atom is -0.324 e. The predicted molar refractivity (Wildman–Crippen MR) is 72.1 cm³/mol. The van der Waals surface area contributed by atoms with Gasteiger partial charge in [-0.25, -0.2) is 14.9 Å². The summed E-state index contributed by atoms with van der Waals surface area (Å²) >= 11 is 1.39. The third kappa shape index (κ3) is 2.57. The first-order chi connectivity index (χ1) is 9.15. The lowest BCUT2D eigenvalue weighted by Crippen LogP contribution is -2.16. The van der Waals surface area contributed by atoms with Crippen molar-refractivity contribution in [2.45, 2.75) is 42.0 Å². The lowest BCUT2D eigenvalue weighted by molar-refractivity contribution is 0.642. The van der Waals surface area contributed by atoms with Crippen molar-refractivity contribution >= 4 is 11.8 Å². The molecular formula is C12H15N5OS. The summed E-state index contributed by atoms with van der Waals surface area (Å²) < 4.78 is 1.71. The fourth-order valence-electron chi connectivity index (χ4n) is 1.83. The van der Waals surface area contributed by atoms with Gasteiger partial charge >= 0.3 is 5.69 Å². The van der Waals surface area contributed by atoms with E-state index in [9.17, 15) is 4.79 Å². The molecule has 3 rings (SSSR count). The van der Waals surface area contributed by atoms with Crippen LogP contribution in [0, 0.1) is 0 Å². The first kappa shape index (κ1) is 12.4. The number of aromatic amines is 1. The highest BCUT2D eigenvalue weighted by molar-refractivity contribution is 7.99. The van der Waals surface area contributed by atoms with Crippen LogP contribution in [0.4, 0.5) is 0 Å². The average molecular weight is 277 g/mol. The van der Waals surface area contributed by atoms with Crippen LogP contribution in [0.15, 0.2) is 33.3 Å². The Labute approximate surface area is 114 Å². The minimum atomic E-state index is -0.141. The van der Waals surface area contributed by atoms with Crippen LogP contribution in [0.5, 0.6) is 0 Å². The molecule has 0 bridgehead atoms. The molecule has 0 unspecified atom stereocenters. The number of nitrogens with one attached hydrogen (secondary N) is 1. The van der Waals surface area contributed by atoms with Crippen molar-refractivity contribution in [3.63, 3.8) is 0 Å². The van der Waals surface area contributed by atoms with Crippen LogP contribution in [-0.4, -0.2) is 19.7 Å². The van der Waals surface area contributed by atoms with Crippen molar-refractivity contribution in [1.82, 2.24) is 19.7 Å². The number of rotatable bonds is 4. The van der Waals surface area contributed by atoms with Crippen LogP contribution in [0.25, 0.3) is 0 Å². The molecule has 1 saturated carbocycles. The summed E-state index contributed by atoms with van der Waals surface area (Å²) in [7, 11) is 0. The quantitative estimate of drug-likeness (QED) is 0.883. The van der Waals surface area contributed by atoms with Gasteiger partial charge in [-0.2, -0.15) is 0 Å². The Morgan fingerprint density at radius 2 is 2.32 bits per heavy atom. The zero-order valence-electron chi connectivity index (χ0n) is 10.5. The van der Waals surface area contributed by atoms with Crippen molar-refractivity contribution in [2.24, 2.45) is 5.73 Å². The Bertz CT molecular complexity index is 626. The Morgan fingerprint density at radius 3 is 2.89 bits per heavy atom. The van der Waals surface area contributed by atoms with Gasteiger partial charge in [-0.15, -0.1) is 5.10 Å². The highest BCUT2D eigenvalue weighted by Gasteiger charge is 2.28. The Hall–Kier alpha value is -1.60. The molecule has 0 saturated heterocycles. The Morgan fingerprint density at radius 1 is 1.53 bits per heavy atom. The third-order valence-corrected chi connectivity index (χ3v) is 3.99. The van der Waals surface area contributed by atoms with E-state index >= 15 is 0 Å². The molecule has 0 radical (unpaired) electrons. The van der Waals surface area contributed by atoms with Gasteiger partial charge in [-0.05, 0) is 43.2 Å². The summed E-state index contributed by atoms with van der Waals surface area (Å²) in [6.45, 7) is 1.92. The second-order valence-electron chi connectivity index (χ2n) is 4.73. The highest BCUT2D eigenvalue weighted by Crippen LogP contribution is 2.37. The van der Waals surface area contributed by atoms with Gasteiger partial charge in [0.15, 0.2) is 5.16 Å². The van der Waals surface area contributed by atoms with Gasteiger partial charge < -0.3 is 5.73 Å². The first-order valence-corrected chi connectivity index (χ1v) is 7.03. The van der Waals surface area contributed by atoms with Crippen LogP contribution in [0.2, 0.25) is 0 Å². The second-order valence-corrected chi connectivity index (χ2v) is 5.72. The zero-order chi connectivity index (χ0) is 13.4. The molecule has 1 aliphatic rings. The van der Waals surface area contributed by atoms with Crippen LogP contribution in [0.3, 0.4) is 0 Å². The Kier molecular flexibility index (Phi) is 3.16. The minimum absolute atomic E-state index is 0.0263. The van der Waals surface area contributed by atoms with Gasteiger partial charge in [0.1, 0.15) is 5.03 Å². The van der Waals surface area contributed by atoms with E-state index in [-0.39, 0.29) is 11.7 Å². The lowest BCUT2D eigenvalue weighted by atomic mass is 10.2. The monoisotopic (exact) mass is 277 g/mol. The lowest BCUT2D eigenvalue weighted by Gasteiger charge is -2.06. The molecule has 19 heavy (non-hydrogen) atoms. The van der Waals surface area contributed by atoms with Gasteiger partial charge in [0.2, 0.25) is 0 Å². The number of hydrogen-bond donors (Lipinski definition) is 2. The molecule has 1 fully saturated rings. The van der Waals surface area contributed by atoms with E-state index < -0.39 is 0 Å². The molecule has 3 N–H and O–H groups in total. The van der Waals surface area contributed by atoms with Crippen molar-refractivity contribution in [3.05, 3.63) is 34.4 Å². The van der Waals surface area contributed by atoms with Crippen LogP contribution >= 0.6 is 11.8 Å². The van der Waals surface area contributed by atoms with Crippen molar-refractivity contribution < 1.29 is 0 Å². The molecule has 0 aromatic carbocycles. The number of H-pyrrole nitrogens is 1. The van der Waals surface area contributed by atoms with Crippen LogP contribution in [0.1, 0.15) is 37.4 Å². The Balaban J connectivity index is 1.83. The van der Waals surface area contributed by atoms with E-state index in [1.54, 1.807) is 10.8 Å². The summed E-state index contributed by atoms with van der Waals surface area (Å²) in [5.74, 6) is 0. The molecule has 6 nitrogen and oxygen atoms in total. The molecule has 7 heteroatoms. The predicted octanol–water partition coefficient (Wildman–Crippen LogP) is 1.47.